The molecule has 0 unspecified atom stereocenters. The second kappa shape index (κ2) is 9.05. The number of amides is 2. The lowest BCUT2D eigenvalue weighted by atomic mass is 10.0. The Balaban J connectivity index is 1.36. The molecular weight excluding hydrogens is 435 g/mol. The van der Waals surface area contributed by atoms with Crippen LogP contribution in [0.4, 0.5) is 4.39 Å². The van der Waals surface area contributed by atoms with Crippen LogP contribution in [0.2, 0.25) is 0 Å². The zero-order chi connectivity index (χ0) is 23.7. The first-order valence-electron chi connectivity index (χ1n) is 11.2. The van der Waals surface area contributed by atoms with Gasteiger partial charge >= 0.3 is 0 Å². The Morgan fingerprint density at radius 3 is 2.50 bits per heavy atom. The number of nitrogens with one attached hydrogen (secondary N) is 1. The molecule has 172 valence electrons. The first kappa shape index (κ1) is 21.8. The van der Waals surface area contributed by atoms with Gasteiger partial charge in [0.05, 0.1) is 22.3 Å². The maximum atomic E-state index is 14.4. The number of fused-ring (bicyclic) bond motifs is 1. The zero-order valence-electron chi connectivity index (χ0n) is 18.6. The normalized spacial score (nSPS) is 14.4. The smallest absolute Gasteiger partial charge is 0.259 e. The third-order valence-electron chi connectivity index (χ3n) is 6.15. The zero-order valence-corrected chi connectivity index (χ0v) is 18.6. The number of hydrogen-bond donors (Lipinski definition) is 1. The van der Waals surface area contributed by atoms with Crippen molar-refractivity contribution in [3.63, 3.8) is 0 Å². The number of hydrogen-bond acceptors (Lipinski definition) is 5. The van der Waals surface area contributed by atoms with E-state index in [1.54, 1.807) is 48.2 Å². The Morgan fingerprint density at radius 1 is 1.06 bits per heavy atom. The highest BCUT2D eigenvalue weighted by atomic mass is 19.1. The Kier molecular flexibility index (Phi) is 5.79. The summed E-state index contributed by atoms with van der Waals surface area (Å²) in [7, 11) is 0. The average molecular weight is 458 g/mol. The molecule has 1 fully saturated rings. The molecule has 2 aromatic heterocycles. The number of likely N-dealkylation sites (tertiary alicyclic amines) is 1. The molecule has 0 spiro atoms. The fraction of sp³-hybridized carbons (Fsp3) is 0.231. The molecule has 34 heavy (non-hydrogen) atoms. The van der Waals surface area contributed by atoms with Crippen LogP contribution in [-0.2, 0) is 0 Å². The van der Waals surface area contributed by atoms with Gasteiger partial charge < -0.3 is 14.7 Å². The topological polar surface area (TPSA) is 88.3 Å². The first-order valence-corrected chi connectivity index (χ1v) is 11.2. The molecule has 0 bridgehead atoms. The maximum Gasteiger partial charge on any atom is 0.259 e. The quantitative estimate of drug-likeness (QED) is 0.491. The fourth-order valence-corrected chi connectivity index (χ4v) is 4.33. The van der Waals surface area contributed by atoms with Gasteiger partial charge in [-0.25, -0.2) is 9.37 Å². The van der Waals surface area contributed by atoms with Crippen molar-refractivity contribution in [3.8, 4) is 11.3 Å². The number of benzene rings is 2. The van der Waals surface area contributed by atoms with E-state index in [0.29, 0.717) is 53.8 Å². The minimum atomic E-state index is -0.432. The molecule has 8 heteroatoms. The van der Waals surface area contributed by atoms with Gasteiger partial charge in [-0.1, -0.05) is 35.5 Å². The molecule has 2 aromatic carbocycles. The van der Waals surface area contributed by atoms with Crippen molar-refractivity contribution in [2.75, 3.05) is 13.1 Å². The number of aromatic nitrogens is 2. The first-order chi connectivity index (χ1) is 16.5. The summed E-state index contributed by atoms with van der Waals surface area (Å²) in [5.41, 5.74) is 2.35. The Labute approximate surface area is 195 Å². The molecule has 0 saturated carbocycles. The van der Waals surface area contributed by atoms with E-state index in [1.807, 2.05) is 18.2 Å². The maximum absolute atomic E-state index is 14.4. The highest BCUT2D eigenvalue weighted by Gasteiger charge is 2.28. The lowest BCUT2D eigenvalue weighted by Crippen LogP contribution is -2.46. The molecule has 1 N–H and O–H groups in total. The third-order valence-corrected chi connectivity index (χ3v) is 6.15. The summed E-state index contributed by atoms with van der Waals surface area (Å²) >= 11 is 0. The fourth-order valence-electron chi connectivity index (χ4n) is 4.33. The van der Waals surface area contributed by atoms with Crippen LogP contribution in [0, 0.1) is 12.7 Å². The Bertz CT molecular complexity index is 1360. The predicted octanol–water partition coefficient (Wildman–Crippen LogP) is 4.37. The standard InChI is InChI=1S/C26H23FN4O3/c1-16-23-20(15-22(29-25(23)34-30-16)19-9-5-6-10-21(19)27)26(33)31-13-11-18(12-14-31)28-24(32)17-7-3-2-4-8-17/h2-10,15,18H,11-14H2,1H3,(H,28,32). The summed E-state index contributed by atoms with van der Waals surface area (Å²) in [5, 5.41) is 7.55. The van der Waals surface area contributed by atoms with Crippen LogP contribution >= 0.6 is 0 Å². The highest BCUT2D eigenvalue weighted by Crippen LogP contribution is 2.29. The number of carbonyl (C=O) groups is 2. The number of halogens is 1. The second-order valence-corrected chi connectivity index (χ2v) is 8.39. The van der Waals surface area contributed by atoms with Crippen LogP contribution in [0.1, 0.15) is 39.3 Å². The largest absolute Gasteiger partial charge is 0.349 e. The molecule has 0 radical (unpaired) electrons. The van der Waals surface area contributed by atoms with E-state index >= 15 is 0 Å². The number of aryl methyl sites for hydroxylation is 1. The number of piperidine rings is 1. The molecule has 2 amide bonds. The van der Waals surface area contributed by atoms with Gasteiger partial charge in [-0.15, -0.1) is 0 Å². The molecule has 1 aliphatic heterocycles. The van der Waals surface area contributed by atoms with Gasteiger partial charge in [0.1, 0.15) is 5.82 Å². The molecule has 0 atom stereocenters. The second-order valence-electron chi connectivity index (χ2n) is 8.39. The van der Waals surface area contributed by atoms with Crippen LogP contribution < -0.4 is 5.32 Å². The van der Waals surface area contributed by atoms with Crippen molar-refractivity contribution in [1.29, 1.82) is 0 Å². The minimum Gasteiger partial charge on any atom is -0.349 e. The monoisotopic (exact) mass is 458 g/mol. The van der Waals surface area contributed by atoms with Crippen molar-refractivity contribution in [2.45, 2.75) is 25.8 Å². The van der Waals surface area contributed by atoms with Gasteiger partial charge in [0.15, 0.2) is 0 Å². The molecule has 5 rings (SSSR count). The molecule has 4 aromatic rings. The summed E-state index contributed by atoms with van der Waals surface area (Å²) in [4.78, 5) is 32.1. The van der Waals surface area contributed by atoms with Crippen LogP contribution in [0.15, 0.2) is 65.2 Å². The van der Waals surface area contributed by atoms with Crippen molar-refractivity contribution in [2.24, 2.45) is 0 Å². The van der Waals surface area contributed by atoms with E-state index in [4.69, 9.17) is 4.52 Å². The number of nitrogens with zero attached hydrogens (tertiary/aromatic N) is 3. The van der Waals surface area contributed by atoms with Crippen molar-refractivity contribution < 1.29 is 18.5 Å². The molecule has 1 saturated heterocycles. The molecular formula is C26H23FN4O3. The van der Waals surface area contributed by atoms with Gasteiger partial charge in [-0.3, -0.25) is 9.59 Å². The summed E-state index contributed by atoms with van der Waals surface area (Å²) in [6.07, 6.45) is 1.28. The van der Waals surface area contributed by atoms with Crippen LogP contribution in [-0.4, -0.2) is 46.0 Å². The van der Waals surface area contributed by atoms with E-state index in [9.17, 15) is 14.0 Å². The molecule has 7 nitrogen and oxygen atoms in total. The summed E-state index contributed by atoms with van der Waals surface area (Å²) in [6.45, 7) is 2.72. The summed E-state index contributed by atoms with van der Waals surface area (Å²) in [5.74, 6) is -0.737. The molecule has 0 aliphatic carbocycles. The third kappa shape index (κ3) is 4.14. The highest BCUT2D eigenvalue weighted by molar-refractivity contribution is 6.07. The number of carbonyl (C=O) groups excluding carboxylic acids is 2. The SMILES string of the molecule is Cc1noc2nc(-c3ccccc3F)cc(C(=O)N3CCC(NC(=O)c4ccccc4)CC3)c12. The van der Waals surface area contributed by atoms with Crippen LogP contribution in [0.3, 0.4) is 0 Å². The van der Waals surface area contributed by atoms with Gasteiger partial charge in [-0.05, 0) is 50.1 Å². The van der Waals surface area contributed by atoms with Gasteiger partial charge in [-0.2, -0.15) is 0 Å². The Hall–Kier alpha value is -4.07. The number of pyridine rings is 1. The number of rotatable bonds is 4. The van der Waals surface area contributed by atoms with E-state index in [0.717, 1.165) is 0 Å². The van der Waals surface area contributed by atoms with Gasteiger partial charge in [0.25, 0.3) is 17.5 Å². The van der Waals surface area contributed by atoms with Crippen molar-refractivity contribution in [3.05, 3.63) is 83.3 Å². The van der Waals surface area contributed by atoms with E-state index in [-0.39, 0.29) is 29.1 Å². The van der Waals surface area contributed by atoms with Gasteiger partial charge in [0.2, 0.25) is 0 Å². The molecule has 1 aliphatic rings. The predicted molar refractivity (Wildman–Crippen MR) is 125 cm³/mol. The lowest BCUT2D eigenvalue weighted by Gasteiger charge is -2.32. The van der Waals surface area contributed by atoms with Crippen molar-refractivity contribution >= 4 is 22.9 Å². The summed E-state index contributed by atoms with van der Waals surface area (Å²) < 4.78 is 19.8. The van der Waals surface area contributed by atoms with E-state index in [2.05, 4.69) is 15.5 Å². The minimum absolute atomic E-state index is 0.0134. The Morgan fingerprint density at radius 2 is 1.76 bits per heavy atom. The molecule has 3 heterocycles. The van der Waals surface area contributed by atoms with Crippen LogP contribution in [0.5, 0.6) is 0 Å². The van der Waals surface area contributed by atoms with Gasteiger partial charge in [0, 0.05) is 30.3 Å². The lowest BCUT2D eigenvalue weighted by molar-refractivity contribution is 0.0700. The summed E-state index contributed by atoms with van der Waals surface area (Å²) in [6, 6.07) is 16.9. The van der Waals surface area contributed by atoms with E-state index < -0.39 is 5.82 Å². The average Bonchev–Trinajstić information content (AvgIpc) is 3.25. The van der Waals surface area contributed by atoms with Crippen LogP contribution in [0.25, 0.3) is 22.4 Å². The van der Waals surface area contributed by atoms with Crippen molar-refractivity contribution in [1.82, 2.24) is 20.4 Å². The van der Waals surface area contributed by atoms with E-state index in [1.165, 1.54) is 6.07 Å².